The van der Waals surface area contributed by atoms with Crippen LogP contribution in [0, 0.1) is 20.8 Å². The zero-order valence-corrected chi connectivity index (χ0v) is 11.7. The van der Waals surface area contributed by atoms with Crippen LogP contribution in [0.25, 0.3) is 22.4 Å². The van der Waals surface area contributed by atoms with Gasteiger partial charge in [0.25, 0.3) is 0 Å². The van der Waals surface area contributed by atoms with Crippen LogP contribution >= 0.6 is 0 Å². The molecule has 0 saturated heterocycles. The number of fused-ring (bicyclic) bond motifs is 1. The van der Waals surface area contributed by atoms with Crippen molar-refractivity contribution >= 4 is 11.0 Å². The summed E-state index contributed by atoms with van der Waals surface area (Å²) in [7, 11) is 0. The minimum atomic E-state index is -4.42. The number of nitrogens with zero attached hydrogens (tertiary/aromatic N) is 2. The molecule has 7 heteroatoms. The van der Waals surface area contributed by atoms with Gasteiger partial charge in [-0.05, 0) is 38.5 Å². The van der Waals surface area contributed by atoms with Gasteiger partial charge in [-0.1, -0.05) is 0 Å². The van der Waals surface area contributed by atoms with Gasteiger partial charge in [-0.15, -0.1) is 0 Å². The normalized spacial score (nSPS) is 12.3. The zero-order chi connectivity index (χ0) is 15.4. The molecule has 0 fully saturated rings. The molecule has 0 unspecified atom stereocenters. The van der Waals surface area contributed by atoms with Crippen LogP contribution in [0.15, 0.2) is 12.1 Å². The van der Waals surface area contributed by atoms with Crippen molar-refractivity contribution in [2.45, 2.75) is 26.9 Å². The fourth-order valence-electron chi connectivity index (χ4n) is 2.50. The highest BCUT2D eigenvalue weighted by atomic mass is 19.4. The molecular weight excluding hydrogens is 281 g/mol. The Morgan fingerprint density at radius 2 is 1.81 bits per heavy atom. The van der Waals surface area contributed by atoms with Crippen molar-refractivity contribution in [2.75, 3.05) is 0 Å². The summed E-state index contributed by atoms with van der Waals surface area (Å²) in [6, 6.07) is 2.76. The van der Waals surface area contributed by atoms with E-state index in [0.717, 1.165) is 11.8 Å². The van der Waals surface area contributed by atoms with Gasteiger partial charge in [0.2, 0.25) is 0 Å². The van der Waals surface area contributed by atoms with Crippen molar-refractivity contribution < 1.29 is 13.2 Å². The lowest BCUT2D eigenvalue weighted by molar-refractivity contribution is -0.136. The summed E-state index contributed by atoms with van der Waals surface area (Å²) < 4.78 is 39.4. The Hall–Kier alpha value is -2.31. The van der Waals surface area contributed by atoms with Crippen molar-refractivity contribution in [3.05, 3.63) is 34.6 Å². The van der Waals surface area contributed by atoms with E-state index in [1.165, 1.54) is 0 Å². The molecular formula is C14H13F3N4. The first-order valence-electron chi connectivity index (χ1n) is 6.37. The molecule has 0 amide bonds. The first kappa shape index (κ1) is 13.7. The van der Waals surface area contributed by atoms with Crippen LogP contribution in [-0.4, -0.2) is 20.2 Å². The molecule has 0 atom stereocenters. The van der Waals surface area contributed by atoms with E-state index < -0.39 is 11.7 Å². The fourth-order valence-corrected chi connectivity index (χ4v) is 2.50. The van der Waals surface area contributed by atoms with Gasteiger partial charge in [0.1, 0.15) is 5.82 Å². The van der Waals surface area contributed by atoms with E-state index in [1.807, 2.05) is 0 Å². The molecule has 0 aliphatic heterocycles. The van der Waals surface area contributed by atoms with Crippen LogP contribution in [0.2, 0.25) is 0 Å². The molecule has 1 aromatic carbocycles. The summed E-state index contributed by atoms with van der Waals surface area (Å²) in [6.07, 6.45) is -4.42. The highest BCUT2D eigenvalue weighted by Crippen LogP contribution is 2.36. The second kappa shape index (κ2) is 4.34. The molecule has 2 N–H and O–H groups in total. The maximum absolute atomic E-state index is 13.1. The van der Waals surface area contributed by atoms with E-state index in [9.17, 15) is 13.2 Å². The van der Waals surface area contributed by atoms with Crippen molar-refractivity contribution in [1.29, 1.82) is 0 Å². The fraction of sp³-hybridized carbons (Fsp3) is 0.286. The molecule has 110 valence electrons. The third-order valence-electron chi connectivity index (χ3n) is 3.41. The largest absolute Gasteiger partial charge is 0.418 e. The summed E-state index contributed by atoms with van der Waals surface area (Å²) in [6.45, 7) is 5.21. The molecule has 2 aromatic heterocycles. The smallest absolute Gasteiger partial charge is 0.337 e. The van der Waals surface area contributed by atoms with Gasteiger partial charge in [-0.3, -0.25) is 5.10 Å². The number of aromatic amines is 2. The number of nitrogens with one attached hydrogen (secondary N) is 2. The molecule has 4 nitrogen and oxygen atoms in total. The summed E-state index contributed by atoms with van der Waals surface area (Å²) in [5.41, 5.74) is 2.29. The number of benzene rings is 1. The van der Waals surface area contributed by atoms with Crippen molar-refractivity contribution in [3.63, 3.8) is 0 Å². The summed E-state index contributed by atoms with van der Waals surface area (Å²) >= 11 is 0. The maximum Gasteiger partial charge on any atom is 0.418 e. The number of aryl methyl sites for hydroxylation is 3. The predicted molar refractivity (Wildman–Crippen MR) is 72.9 cm³/mol. The van der Waals surface area contributed by atoms with Crippen LogP contribution < -0.4 is 0 Å². The van der Waals surface area contributed by atoms with Gasteiger partial charge in [0.15, 0.2) is 0 Å². The van der Waals surface area contributed by atoms with Crippen LogP contribution in [-0.2, 0) is 6.18 Å². The standard InChI is InChI=1S/C14H13F3N4/c1-6-4-9(14(15,16)17)12-10(5-6)18-13(19-12)11-7(2)20-21-8(11)3/h4-5H,1-3H3,(H,18,19)(H,20,21). The zero-order valence-electron chi connectivity index (χ0n) is 11.7. The van der Waals surface area contributed by atoms with E-state index >= 15 is 0 Å². The molecule has 0 bridgehead atoms. The summed E-state index contributed by atoms with van der Waals surface area (Å²) in [5, 5.41) is 6.85. The monoisotopic (exact) mass is 294 g/mol. The van der Waals surface area contributed by atoms with Gasteiger partial charge in [0.05, 0.1) is 27.9 Å². The number of hydrogen-bond donors (Lipinski definition) is 2. The highest BCUT2D eigenvalue weighted by Gasteiger charge is 2.34. The number of imidazole rings is 1. The van der Waals surface area contributed by atoms with Crippen LogP contribution in [0.4, 0.5) is 13.2 Å². The van der Waals surface area contributed by atoms with E-state index in [-0.39, 0.29) is 5.52 Å². The number of alkyl halides is 3. The van der Waals surface area contributed by atoms with E-state index in [1.54, 1.807) is 26.8 Å². The van der Waals surface area contributed by atoms with E-state index in [0.29, 0.717) is 28.2 Å². The summed E-state index contributed by atoms with van der Waals surface area (Å²) in [4.78, 5) is 7.09. The Kier molecular flexibility index (Phi) is 2.82. The first-order valence-corrected chi connectivity index (χ1v) is 6.37. The number of H-pyrrole nitrogens is 2. The number of aromatic nitrogens is 4. The Morgan fingerprint density at radius 1 is 1.10 bits per heavy atom. The van der Waals surface area contributed by atoms with Crippen molar-refractivity contribution in [2.24, 2.45) is 0 Å². The van der Waals surface area contributed by atoms with Crippen LogP contribution in [0.3, 0.4) is 0 Å². The van der Waals surface area contributed by atoms with Crippen LogP contribution in [0.5, 0.6) is 0 Å². The quantitative estimate of drug-likeness (QED) is 0.715. The van der Waals surface area contributed by atoms with Crippen LogP contribution in [0.1, 0.15) is 22.5 Å². The molecule has 0 spiro atoms. The van der Waals surface area contributed by atoms with Gasteiger partial charge < -0.3 is 4.98 Å². The van der Waals surface area contributed by atoms with E-state index in [4.69, 9.17) is 0 Å². The molecule has 21 heavy (non-hydrogen) atoms. The minimum absolute atomic E-state index is 0.00287. The Morgan fingerprint density at radius 3 is 2.38 bits per heavy atom. The number of rotatable bonds is 1. The van der Waals surface area contributed by atoms with Gasteiger partial charge in [-0.2, -0.15) is 18.3 Å². The maximum atomic E-state index is 13.1. The lowest BCUT2D eigenvalue weighted by Crippen LogP contribution is -2.06. The molecule has 0 radical (unpaired) electrons. The number of halogens is 3. The Balaban J connectivity index is 2.30. The molecule has 0 aliphatic carbocycles. The lowest BCUT2D eigenvalue weighted by Gasteiger charge is -2.08. The predicted octanol–water partition coefficient (Wildman–Crippen LogP) is 3.90. The molecule has 3 rings (SSSR count). The third kappa shape index (κ3) is 2.18. The van der Waals surface area contributed by atoms with Gasteiger partial charge in [-0.25, -0.2) is 4.98 Å². The van der Waals surface area contributed by atoms with Gasteiger partial charge in [0, 0.05) is 5.69 Å². The first-order chi connectivity index (χ1) is 9.77. The topological polar surface area (TPSA) is 57.4 Å². The van der Waals surface area contributed by atoms with Crippen molar-refractivity contribution in [1.82, 2.24) is 20.2 Å². The summed E-state index contributed by atoms with van der Waals surface area (Å²) in [5.74, 6) is 0.393. The minimum Gasteiger partial charge on any atom is -0.337 e. The lowest BCUT2D eigenvalue weighted by atomic mass is 10.1. The molecule has 2 heterocycles. The average molecular weight is 294 g/mol. The second-order valence-electron chi connectivity index (χ2n) is 5.10. The highest BCUT2D eigenvalue weighted by molar-refractivity contribution is 5.84. The Bertz CT molecular complexity index is 807. The average Bonchev–Trinajstić information content (AvgIpc) is 2.90. The Labute approximate surface area is 118 Å². The molecule has 0 saturated carbocycles. The second-order valence-corrected chi connectivity index (χ2v) is 5.10. The van der Waals surface area contributed by atoms with Crippen molar-refractivity contribution in [3.8, 4) is 11.4 Å². The molecule has 0 aliphatic rings. The van der Waals surface area contributed by atoms with E-state index in [2.05, 4.69) is 20.2 Å². The third-order valence-corrected chi connectivity index (χ3v) is 3.41. The SMILES string of the molecule is Cc1cc(C(F)(F)F)c2[nH]c(-c3c(C)n[nH]c3C)nc2c1. The molecule has 3 aromatic rings. The number of hydrogen-bond acceptors (Lipinski definition) is 2. The van der Waals surface area contributed by atoms with Gasteiger partial charge >= 0.3 is 6.18 Å².